The number of carbonyl (C=O) groups is 2. The van der Waals surface area contributed by atoms with Crippen LogP contribution in [0.1, 0.15) is 44.6 Å². The Labute approximate surface area is 229 Å². The lowest BCUT2D eigenvalue weighted by Gasteiger charge is -2.33. The Morgan fingerprint density at radius 2 is 1.66 bits per heavy atom. The number of benzene rings is 3. The van der Waals surface area contributed by atoms with Crippen molar-refractivity contribution in [1.29, 1.82) is 0 Å². The van der Waals surface area contributed by atoms with Gasteiger partial charge in [-0.3, -0.25) is 13.9 Å². The smallest absolute Gasteiger partial charge is 0.244 e. The number of anilines is 1. The summed E-state index contributed by atoms with van der Waals surface area (Å²) < 4.78 is 27.1. The summed E-state index contributed by atoms with van der Waals surface area (Å²) in [6.07, 6.45) is 5.49. The molecule has 9 heteroatoms. The van der Waals surface area contributed by atoms with Crippen molar-refractivity contribution < 1.29 is 18.0 Å². The van der Waals surface area contributed by atoms with Crippen LogP contribution in [0.15, 0.2) is 66.7 Å². The van der Waals surface area contributed by atoms with Crippen LogP contribution in [-0.2, 0) is 26.2 Å². The van der Waals surface area contributed by atoms with Crippen LogP contribution in [0.25, 0.3) is 10.8 Å². The highest BCUT2D eigenvalue weighted by Crippen LogP contribution is 2.29. The molecule has 4 rings (SSSR count). The van der Waals surface area contributed by atoms with Crippen molar-refractivity contribution in [3.05, 3.63) is 77.3 Å². The highest BCUT2D eigenvalue weighted by molar-refractivity contribution is 7.92. The van der Waals surface area contributed by atoms with Gasteiger partial charge in [-0.05, 0) is 48.4 Å². The Kier molecular flexibility index (Phi) is 8.95. The van der Waals surface area contributed by atoms with Crippen molar-refractivity contribution in [1.82, 2.24) is 10.2 Å². The standard InChI is InChI=1S/C29H34ClN3O4S/c1-3-26(29(35)31-24-11-5-6-12-24)32(19-21-15-17-23(30)18-16-21)28(34)20-33(38(2,36)37)27-14-8-10-22-9-4-7-13-25(22)27/h4,7-10,13-18,24,26H,3,5-6,11-12,19-20H2,1-2H3,(H,31,35)/t26-/m1/s1. The average Bonchev–Trinajstić information content (AvgIpc) is 3.40. The van der Waals surface area contributed by atoms with Crippen molar-refractivity contribution in [3.63, 3.8) is 0 Å². The number of nitrogens with zero attached hydrogens (tertiary/aromatic N) is 2. The zero-order valence-electron chi connectivity index (χ0n) is 21.8. The number of amides is 2. The summed E-state index contributed by atoms with van der Waals surface area (Å²) in [6.45, 7) is 1.59. The largest absolute Gasteiger partial charge is 0.352 e. The third kappa shape index (κ3) is 6.66. The van der Waals surface area contributed by atoms with E-state index in [1.807, 2.05) is 49.4 Å². The lowest BCUT2D eigenvalue weighted by atomic mass is 10.1. The number of halogens is 1. The molecule has 3 aromatic carbocycles. The van der Waals surface area contributed by atoms with Crippen molar-refractivity contribution in [2.75, 3.05) is 17.1 Å². The van der Waals surface area contributed by atoms with Crippen LogP contribution in [-0.4, -0.2) is 50.0 Å². The first-order valence-electron chi connectivity index (χ1n) is 13.0. The molecule has 1 N–H and O–H groups in total. The summed E-state index contributed by atoms with van der Waals surface area (Å²) in [6, 6.07) is 19.3. The maximum absolute atomic E-state index is 13.9. The van der Waals surface area contributed by atoms with Gasteiger partial charge in [0.25, 0.3) is 0 Å². The second-order valence-corrected chi connectivity index (χ2v) is 12.2. The topological polar surface area (TPSA) is 86.8 Å². The van der Waals surface area contributed by atoms with E-state index in [2.05, 4.69) is 5.32 Å². The summed E-state index contributed by atoms with van der Waals surface area (Å²) in [5, 5.41) is 5.27. The molecule has 7 nitrogen and oxygen atoms in total. The molecule has 3 aromatic rings. The van der Waals surface area contributed by atoms with E-state index in [1.54, 1.807) is 24.3 Å². The molecule has 0 unspecified atom stereocenters. The first kappa shape index (κ1) is 27.9. The van der Waals surface area contributed by atoms with Gasteiger partial charge in [0.15, 0.2) is 0 Å². The third-order valence-corrected chi connectivity index (χ3v) is 8.45. The minimum Gasteiger partial charge on any atom is -0.352 e. The molecular formula is C29H34ClN3O4S. The molecule has 0 bridgehead atoms. The Morgan fingerprint density at radius 3 is 2.32 bits per heavy atom. The fraction of sp³-hybridized carbons (Fsp3) is 0.379. The normalized spacial score (nSPS) is 14.8. The Hall–Kier alpha value is -3.10. The fourth-order valence-corrected chi connectivity index (χ4v) is 6.08. The summed E-state index contributed by atoms with van der Waals surface area (Å²) in [5.41, 5.74) is 1.22. The van der Waals surface area contributed by atoms with Gasteiger partial charge in [-0.25, -0.2) is 8.42 Å². The lowest BCUT2D eigenvalue weighted by Crippen LogP contribution is -2.53. The minimum absolute atomic E-state index is 0.104. The molecule has 0 heterocycles. The average molecular weight is 556 g/mol. The van der Waals surface area contributed by atoms with Crippen molar-refractivity contribution in [2.24, 2.45) is 0 Å². The number of hydrogen-bond acceptors (Lipinski definition) is 4. The van der Waals surface area contributed by atoms with Gasteiger partial charge in [0.1, 0.15) is 12.6 Å². The maximum atomic E-state index is 13.9. The van der Waals surface area contributed by atoms with Gasteiger partial charge in [-0.2, -0.15) is 0 Å². The highest BCUT2D eigenvalue weighted by Gasteiger charge is 2.33. The Morgan fingerprint density at radius 1 is 1.00 bits per heavy atom. The van der Waals surface area contributed by atoms with Gasteiger partial charge in [0.2, 0.25) is 21.8 Å². The van der Waals surface area contributed by atoms with E-state index in [0.29, 0.717) is 17.1 Å². The molecule has 38 heavy (non-hydrogen) atoms. The lowest BCUT2D eigenvalue weighted by molar-refractivity contribution is -0.140. The second-order valence-electron chi connectivity index (χ2n) is 9.83. The van der Waals surface area contributed by atoms with E-state index in [0.717, 1.165) is 52.6 Å². The third-order valence-electron chi connectivity index (χ3n) is 7.07. The molecule has 0 aliphatic heterocycles. The van der Waals surface area contributed by atoms with E-state index in [4.69, 9.17) is 11.6 Å². The van der Waals surface area contributed by atoms with Crippen LogP contribution in [0, 0.1) is 0 Å². The molecule has 2 amide bonds. The molecule has 0 spiro atoms. The van der Waals surface area contributed by atoms with Gasteiger partial charge in [0, 0.05) is 23.0 Å². The number of fused-ring (bicyclic) bond motifs is 1. The minimum atomic E-state index is -3.82. The Bertz CT molecular complexity index is 1380. The van der Waals surface area contributed by atoms with Crippen LogP contribution in [0.2, 0.25) is 5.02 Å². The molecule has 1 atom stereocenters. The van der Waals surface area contributed by atoms with Crippen LogP contribution in [0.5, 0.6) is 0 Å². The van der Waals surface area contributed by atoms with Crippen molar-refractivity contribution in [3.8, 4) is 0 Å². The number of sulfonamides is 1. The number of nitrogens with one attached hydrogen (secondary N) is 1. The molecule has 202 valence electrons. The van der Waals surface area contributed by atoms with Gasteiger partial charge in [0.05, 0.1) is 11.9 Å². The molecule has 0 radical (unpaired) electrons. The second kappa shape index (κ2) is 12.2. The monoisotopic (exact) mass is 555 g/mol. The van der Waals surface area contributed by atoms with Crippen LogP contribution in [0.3, 0.4) is 0 Å². The predicted molar refractivity (Wildman–Crippen MR) is 153 cm³/mol. The van der Waals surface area contributed by atoms with E-state index < -0.39 is 28.5 Å². The number of rotatable bonds is 10. The summed E-state index contributed by atoms with van der Waals surface area (Å²) in [7, 11) is -3.82. The van der Waals surface area contributed by atoms with E-state index in [-0.39, 0.29) is 18.5 Å². The first-order valence-corrected chi connectivity index (χ1v) is 15.2. The fourth-order valence-electron chi connectivity index (χ4n) is 5.09. The molecule has 1 fully saturated rings. The van der Waals surface area contributed by atoms with E-state index >= 15 is 0 Å². The molecular weight excluding hydrogens is 522 g/mol. The SMILES string of the molecule is CC[C@H](C(=O)NC1CCCC1)N(Cc1ccc(Cl)cc1)C(=O)CN(c1cccc2ccccc12)S(C)(=O)=O. The van der Waals surface area contributed by atoms with Gasteiger partial charge in [-0.1, -0.05) is 79.9 Å². The van der Waals surface area contributed by atoms with Crippen LogP contribution < -0.4 is 9.62 Å². The predicted octanol–water partition coefficient (Wildman–Crippen LogP) is 5.13. The quantitative estimate of drug-likeness (QED) is 0.376. The highest BCUT2D eigenvalue weighted by atomic mass is 35.5. The van der Waals surface area contributed by atoms with Crippen molar-refractivity contribution >= 4 is 49.9 Å². The first-order chi connectivity index (χ1) is 18.2. The van der Waals surface area contributed by atoms with E-state index in [1.165, 1.54) is 4.90 Å². The zero-order chi connectivity index (χ0) is 27.3. The molecule has 1 saturated carbocycles. The molecule has 1 aliphatic rings. The molecule has 1 aliphatic carbocycles. The molecule has 0 saturated heterocycles. The van der Waals surface area contributed by atoms with Gasteiger partial charge in [-0.15, -0.1) is 0 Å². The van der Waals surface area contributed by atoms with Crippen molar-refractivity contribution in [2.45, 2.75) is 57.7 Å². The summed E-state index contributed by atoms with van der Waals surface area (Å²) >= 11 is 6.06. The molecule has 0 aromatic heterocycles. The van der Waals surface area contributed by atoms with Gasteiger partial charge >= 0.3 is 0 Å². The van der Waals surface area contributed by atoms with Gasteiger partial charge < -0.3 is 10.2 Å². The maximum Gasteiger partial charge on any atom is 0.244 e. The number of carbonyl (C=O) groups excluding carboxylic acids is 2. The Balaban J connectivity index is 1.68. The summed E-state index contributed by atoms with van der Waals surface area (Å²) in [5.74, 6) is -0.662. The summed E-state index contributed by atoms with van der Waals surface area (Å²) in [4.78, 5) is 28.8. The van der Waals surface area contributed by atoms with Crippen LogP contribution >= 0.6 is 11.6 Å². The zero-order valence-corrected chi connectivity index (χ0v) is 23.3. The number of hydrogen-bond donors (Lipinski definition) is 1. The van der Waals surface area contributed by atoms with E-state index in [9.17, 15) is 18.0 Å². The van der Waals surface area contributed by atoms with Crippen LogP contribution in [0.4, 0.5) is 5.69 Å².